The Labute approximate surface area is 331 Å². The molecular formula is C40H80O4S4Sn2. The second-order valence-corrected chi connectivity index (χ2v) is 68.9. The molecule has 0 amide bonds. The van der Waals surface area contributed by atoms with Crippen LogP contribution in [0.15, 0.2) is 0 Å². The van der Waals surface area contributed by atoms with Crippen LogP contribution in [0.25, 0.3) is 0 Å². The molecule has 1 aliphatic heterocycles. The molecule has 0 aromatic heterocycles. The number of carbonyl (C=O) groups is 2. The van der Waals surface area contributed by atoms with Gasteiger partial charge in [-0.1, -0.05) is 13.8 Å². The molecule has 50 heavy (non-hydrogen) atoms. The Hall–Kier alpha value is 1.94. The van der Waals surface area contributed by atoms with Crippen LogP contribution in [0.2, 0.25) is 8.87 Å². The SMILES string of the molecule is CCCCCCCCCCCC[S][Sn]1([CH2]CCC)[O]C(=O)CCCC(SCC)C(=O)[O][Sn]([CH2]CCC)([S]CCCCCCCCCCCC)[S]1. The summed E-state index contributed by atoms with van der Waals surface area (Å²) in [6, 6.07) is 0. The average Bonchev–Trinajstić information content (AvgIpc) is 3.12. The van der Waals surface area contributed by atoms with Crippen LogP contribution in [-0.2, 0) is 15.7 Å². The van der Waals surface area contributed by atoms with Crippen LogP contribution in [0.1, 0.15) is 208 Å². The van der Waals surface area contributed by atoms with E-state index in [1.54, 1.807) is 11.8 Å². The number of rotatable bonds is 32. The van der Waals surface area contributed by atoms with E-state index in [-0.39, 0.29) is 17.2 Å². The van der Waals surface area contributed by atoms with Crippen molar-refractivity contribution < 1.29 is 15.7 Å². The van der Waals surface area contributed by atoms with Crippen molar-refractivity contribution in [2.45, 2.75) is 222 Å². The fraction of sp³-hybridized carbons (Fsp3) is 0.950. The summed E-state index contributed by atoms with van der Waals surface area (Å²) in [5.41, 5.74) is 0. The number of carbonyl (C=O) groups excluding carboxylic acids is 2. The summed E-state index contributed by atoms with van der Waals surface area (Å²) in [5, 5.41) is -0.151. The molecule has 0 aromatic rings. The van der Waals surface area contributed by atoms with E-state index in [1.807, 2.05) is 0 Å². The van der Waals surface area contributed by atoms with Gasteiger partial charge in [-0.25, -0.2) is 0 Å². The first-order chi connectivity index (χ1) is 24.4. The predicted molar refractivity (Wildman–Crippen MR) is 235 cm³/mol. The quantitative estimate of drug-likeness (QED) is 0.0488. The Morgan fingerprint density at radius 3 is 1.38 bits per heavy atom. The topological polar surface area (TPSA) is 52.6 Å². The standard InChI is InChI=1S/2C12H26S.C8H14O4S.2C4H9.S.2Sn/c2*1-2-3-4-5-6-7-8-9-10-11-12-13;1-2-13-6(8(11)12)4-3-5-7(9)10;2*1-3-4-2;;;/h2*13H,2-12H2,1H3;6H,2-5H2,1H3,(H,9,10)(H,11,12);2*1,3-4H2,2H3;;;/q;;;;;;2*+2/p-4. The molecule has 0 aromatic carbocycles. The van der Waals surface area contributed by atoms with Gasteiger partial charge in [0.05, 0.1) is 0 Å². The minimum atomic E-state index is -3.66. The molecule has 10 heteroatoms. The Kier molecular flexibility index (Phi) is 34.2. The molecule has 3 unspecified atom stereocenters. The first kappa shape index (κ1) is 50.0. The second kappa shape index (κ2) is 34.2. The molecule has 296 valence electrons. The first-order valence-corrected chi connectivity index (χ1v) is 45.6. The third kappa shape index (κ3) is 25.2. The number of hydrogen-bond acceptors (Lipinski definition) is 8. The molecule has 0 saturated carbocycles. The summed E-state index contributed by atoms with van der Waals surface area (Å²) >= 11 is -5.55. The zero-order chi connectivity index (χ0) is 36.6. The third-order valence-electron chi connectivity index (χ3n) is 9.63. The first-order valence-electron chi connectivity index (χ1n) is 21.4. The van der Waals surface area contributed by atoms with E-state index < -0.39 is 32.1 Å². The maximum absolute atomic E-state index is 14.1. The molecule has 1 fully saturated rings. The van der Waals surface area contributed by atoms with E-state index in [1.165, 1.54) is 128 Å². The van der Waals surface area contributed by atoms with Gasteiger partial charge in [0.25, 0.3) is 0 Å². The molecule has 1 aliphatic rings. The van der Waals surface area contributed by atoms with Gasteiger partial charge >= 0.3 is 321 Å². The van der Waals surface area contributed by atoms with Crippen molar-refractivity contribution in [1.82, 2.24) is 0 Å². The van der Waals surface area contributed by atoms with Gasteiger partial charge in [-0.3, -0.25) is 0 Å². The molecule has 1 saturated heterocycles. The molecule has 1 rings (SSSR count). The molecule has 0 radical (unpaired) electrons. The summed E-state index contributed by atoms with van der Waals surface area (Å²) in [6.07, 6.45) is 35.3. The summed E-state index contributed by atoms with van der Waals surface area (Å²) in [7, 11) is 4.19. The van der Waals surface area contributed by atoms with Crippen molar-refractivity contribution in [3.63, 3.8) is 0 Å². The number of hydrogen-bond donors (Lipinski definition) is 0. The Balaban J connectivity index is 3.07. The van der Waals surface area contributed by atoms with Crippen LogP contribution in [0.3, 0.4) is 0 Å². The molecule has 1 heterocycles. The maximum atomic E-state index is 14.1. The monoisotopic (exact) mass is 992 g/mol. The fourth-order valence-corrected chi connectivity index (χ4v) is 156. The molecule has 0 N–H and O–H groups in total. The molecule has 3 atom stereocenters. The van der Waals surface area contributed by atoms with Crippen LogP contribution in [-0.4, -0.2) is 66.5 Å². The molecule has 0 bridgehead atoms. The Morgan fingerprint density at radius 1 is 0.560 bits per heavy atom. The molecular weight excluding hydrogens is 910 g/mol. The molecule has 0 aliphatic carbocycles. The van der Waals surface area contributed by atoms with Gasteiger partial charge in [0, 0.05) is 0 Å². The summed E-state index contributed by atoms with van der Waals surface area (Å²) in [6.45, 7) is 11.3. The van der Waals surface area contributed by atoms with E-state index in [0.29, 0.717) is 6.42 Å². The third-order valence-corrected chi connectivity index (χ3v) is 109. The van der Waals surface area contributed by atoms with Crippen molar-refractivity contribution >= 4 is 79.8 Å². The van der Waals surface area contributed by atoms with Gasteiger partial charge in [0.1, 0.15) is 0 Å². The summed E-state index contributed by atoms with van der Waals surface area (Å²) in [5.74, 6) is 3.14. The van der Waals surface area contributed by atoms with Gasteiger partial charge in [-0.05, 0) is 0 Å². The normalized spacial score (nSPS) is 21.9. The van der Waals surface area contributed by atoms with Gasteiger partial charge in [0.15, 0.2) is 0 Å². The van der Waals surface area contributed by atoms with Gasteiger partial charge in [-0.15, -0.1) is 0 Å². The zero-order valence-corrected chi connectivity index (χ0v) is 42.4. The average molecular weight is 991 g/mol. The van der Waals surface area contributed by atoms with Gasteiger partial charge in [0.2, 0.25) is 0 Å². The summed E-state index contributed by atoms with van der Waals surface area (Å²) in [4.78, 5) is 27.7. The van der Waals surface area contributed by atoms with Crippen molar-refractivity contribution in [2.75, 3.05) is 17.3 Å². The Bertz CT molecular complexity index is 826. The van der Waals surface area contributed by atoms with Gasteiger partial charge < -0.3 is 0 Å². The van der Waals surface area contributed by atoms with E-state index >= 15 is 0 Å². The second-order valence-electron chi connectivity index (χ2n) is 14.5. The number of thioether (sulfide) groups is 1. The van der Waals surface area contributed by atoms with Gasteiger partial charge in [-0.2, -0.15) is 0 Å². The van der Waals surface area contributed by atoms with E-state index in [4.69, 9.17) is 6.15 Å². The van der Waals surface area contributed by atoms with Crippen LogP contribution in [0, 0.1) is 0 Å². The Morgan fingerprint density at radius 2 is 0.960 bits per heavy atom. The van der Waals surface area contributed by atoms with E-state index in [0.717, 1.165) is 64.7 Å². The number of unbranched alkanes of at least 4 members (excludes halogenated alkanes) is 20. The molecule has 4 nitrogen and oxygen atoms in total. The fourth-order valence-electron chi connectivity index (χ4n) is 6.51. The van der Waals surface area contributed by atoms with Crippen molar-refractivity contribution in [3.05, 3.63) is 0 Å². The van der Waals surface area contributed by atoms with Crippen molar-refractivity contribution in [2.24, 2.45) is 0 Å². The summed E-state index contributed by atoms with van der Waals surface area (Å²) < 4.78 is 16.0. The minimum absolute atomic E-state index is 0.0185. The van der Waals surface area contributed by atoms with Crippen molar-refractivity contribution in [3.8, 4) is 0 Å². The van der Waals surface area contributed by atoms with E-state index in [2.05, 4.69) is 58.6 Å². The molecule has 0 spiro atoms. The van der Waals surface area contributed by atoms with Crippen LogP contribution >= 0.6 is 35.8 Å². The van der Waals surface area contributed by atoms with Crippen molar-refractivity contribution in [1.29, 1.82) is 0 Å². The van der Waals surface area contributed by atoms with Crippen LogP contribution in [0.5, 0.6) is 0 Å². The predicted octanol–water partition coefficient (Wildman–Crippen LogP) is 14.9. The van der Waals surface area contributed by atoms with Crippen LogP contribution < -0.4 is 0 Å². The zero-order valence-electron chi connectivity index (χ0n) is 33.5. The van der Waals surface area contributed by atoms with E-state index in [9.17, 15) is 9.59 Å². The van der Waals surface area contributed by atoms with Crippen LogP contribution in [0.4, 0.5) is 0 Å².